The van der Waals surface area contributed by atoms with Crippen molar-refractivity contribution in [1.82, 2.24) is 14.5 Å². The summed E-state index contributed by atoms with van der Waals surface area (Å²) in [5.41, 5.74) is 0.492. The van der Waals surface area contributed by atoms with Crippen LogP contribution < -0.4 is 4.72 Å². The van der Waals surface area contributed by atoms with Crippen LogP contribution in [0.5, 0.6) is 0 Å². The highest BCUT2D eigenvalue weighted by Gasteiger charge is 2.23. The number of hydrogen-bond donors (Lipinski definition) is 1. The molecule has 1 aliphatic heterocycles. The monoisotopic (exact) mass is 445 g/mol. The highest BCUT2D eigenvalue weighted by molar-refractivity contribution is 7.89. The molecule has 1 fully saturated rings. The Morgan fingerprint density at radius 2 is 1.80 bits per heavy atom. The van der Waals surface area contributed by atoms with Gasteiger partial charge in [-0.1, -0.05) is 6.07 Å². The zero-order chi connectivity index (χ0) is 21.0. The summed E-state index contributed by atoms with van der Waals surface area (Å²) >= 11 is 1.50. The maximum atomic E-state index is 12.8. The lowest BCUT2D eigenvalue weighted by Gasteiger charge is -2.34. The average molecular weight is 446 g/mol. The Labute approximate surface area is 180 Å². The second-order valence-corrected chi connectivity index (χ2v) is 9.88. The van der Waals surface area contributed by atoms with Crippen molar-refractivity contribution < 1.29 is 17.6 Å². The van der Waals surface area contributed by atoms with Crippen molar-refractivity contribution >= 4 is 27.3 Å². The lowest BCUT2D eigenvalue weighted by Crippen LogP contribution is -2.48. The maximum absolute atomic E-state index is 12.8. The molecule has 1 amide bonds. The maximum Gasteiger partial charge on any atom is 0.253 e. The number of carbonyl (C=O) groups is 1. The van der Waals surface area contributed by atoms with Crippen molar-refractivity contribution in [2.75, 3.05) is 26.2 Å². The van der Waals surface area contributed by atoms with Crippen LogP contribution in [0, 0.1) is 0 Å². The van der Waals surface area contributed by atoms with Gasteiger partial charge in [0, 0.05) is 43.2 Å². The Morgan fingerprint density at radius 3 is 2.43 bits per heavy atom. The summed E-state index contributed by atoms with van der Waals surface area (Å²) in [5, 5.41) is 1.90. The number of furan rings is 1. The summed E-state index contributed by atoms with van der Waals surface area (Å²) in [6.07, 6.45) is 1.66. The zero-order valence-corrected chi connectivity index (χ0v) is 18.0. The van der Waals surface area contributed by atoms with Gasteiger partial charge in [0.2, 0.25) is 10.0 Å². The first-order valence-electron chi connectivity index (χ1n) is 9.67. The third-order valence-corrected chi connectivity index (χ3v) is 7.34. The molecular weight excluding hydrogens is 422 g/mol. The first-order chi connectivity index (χ1) is 14.5. The molecule has 3 aromatic rings. The number of benzene rings is 1. The van der Waals surface area contributed by atoms with Crippen LogP contribution in [0.25, 0.3) is 0 Å². The number of carbonyl (C=O) groups excluding carboxylic acids is 1. The van der Waals surface area contributed by atoms with Gasteiger partial charge in [0.15, 0.2) is 0 Å². The fourth-order valence-corrected chi connectivity index (χ4v) is 5.10. The summed E-state index contributed by atoms with van der Waals surface area (Å²) in [6, 6.07) is 13.7. The molecule has 0 radical (unpaired) electrons. The smallest absolute Gasteiger partial charge is 0.253 e. The molecule has 1 saturated heterocycles. The summed E-state index contributed by atoms with van der Waals surface area (Å²) in [6.45, 7) is 3.78. The van der Waals surface area contributed by atoms with E-state index < -0.39 is 10.0 Å². The highest BCUT2D eigenvalue weighted by Crippen LogP contribution is 2.16. The Balaban J connectivity index is 1.33. The van der Waals surface area contributed by atoms with Gasteiger partial charge >= 0.3 is 0 Å². The molecule has 1 aliphatic rings. The molecule has 3 heterocycles. The molecule has 9 heteroatoms. The normalized spacial score (nSPS) is 15.4. The minimum absolute atomic E-state index is 0.0804. The molecule has 0 saturated carbocycles. The van der Waals surface area contributed by atoms with Crippen molar-refractivity contribution in [1.29, 1.82) is 0 Å². The van der Waals surface area contributed by atoms with Crippen molar-refractivity contribution in [3.8, 4) is 0 Å². The third kappa shape index (κ3) is 4.99. The molecule has 1 N–H and O–H groups in total. The lowest BCUT2D eigenvalue weighted by atomic mass is 10.2. The standard InChI is InChI=1S/C21H23N3O4S2/c25-21(24-11-9-23(10-12-24)16-18-3-1-13-28-18)17-5-7-20(8-6-17)30(26,27)22-15-19-4-2-14-29-19/h1-8,13-14,22H,9-12,15-16H2. The molecule has 0 atom stereocenters. The van der Waals surface area contributed by atoms with Crippen LogP contribution in [0.2, 0.25) is 0 Å². The largest absolute Gasteiger partial charge is 0.468 e. The first-order valence-corrected chi connectivity index (χ1v) is 12.0. The van der Waals surface area contributed by atoms with Crippen LogP contribution >= 0.6 is 11.3 Å². The molecule has 0 unspecified atom stereocenters. The second kappa shape index (κ2) is 9.13. The summed E-state index contributed by atoms with van der Waals surface area (Å²) < 4.78 is 32.9. The van der Waals surface area contributed by atoms with E-state index in [0.717, 1.165) is 30.3 Å². The van der Waals surface area contributed by atoms with E-state index >= 15 is 0 Å². The molecule has 0 aliphatic carbocycles. The van der Waals surface area contributed by atoms with Crippen LogP contribution in [0.1, 0.15) is 21.0 Å². The van der Waals surface area contributed by atoms with E-state index in [1.54, 1.807) is 23.3 Å². The van der Waals surface area contributed by atoms with Gasteiger partial charge in [0.25, 0.3) is 5.91 Å². The molecule has 0 bridgehead atoms. The summed E-state index contributed by atoms with van der Waals surface area (Å²) in [7, 11) is -3.62. The summed E-state index contributed by atoms with van der Waals surface area (Å²) in [4.78, 5) is 17.9. The van der Waals surface area contributed by atoms with E-state index in [1.165, 1.54) is 23.5 Å². The van der Waals surface area contributed by atoms with Gasteiger partial charge in [-0.3, -0.25) is 9.69 Å². The summed E-state index contributed by atoms with van der Waals surface area (Å²) in [5.74, 6) is 0.836. The van der Waals surface area contributed by atoms with Crippen LogP contribution in [-0.2, 0) is 23.1 Å². The molecule has 1 aromatic carbocycles. The molecular formula is C21H23N3O4S2. The highest BCUT2D eigenvalue weighted by atomic mass is 32.2. The predicted octanol–water partition coefficient (Wildman–Crippen LogP) is 2.78. The topological polar surface area (TPSA) is 82.9 Å². The van der Waals surface area contributed by atoms with Gasteiger partial charge < -0.3 is 9.32 Å². The van der Waals surface area contributed by atoms with E-state index in [-0.39, 0.29) is 17.3 Å². The van der Waals surface area contributed by atoms with Gasteiger partial charge in [0.1, 0.15) is 5.76 Å². The van der Waals surface area contributed by atoms with E-state index in [0.29, 0.717) is 18.7 Å². The number of nitrogens with zero attached hydrogens (tertiary/aromatic N) is 2. The van der Waals surface area contributed by atoms with Crippen LogP contribution in [0.15, 0.2) is 69.5 Å². The van der Waals surface area contributed by atoms with Gasteiger partial charge in [-0.05, 0) is 47.8 Å². The number of sulfonamides is 1. The van der Waals surface area contributed by atoms with E-state index in [2.05, 4.69) is 9.62 Å². The number of nitrogens with one attached hydrogen (secondary N) is 1. The minimum Gasteiger partial charge on any atom is -0.468 e. The third-order valence-electron chi connectivity index (χ3n) is 5.05. The Hall–Kier alpha value is -2.46. The number of piperazine rings is 1. The second-order valence-electron chi connectivity index (χ2n) is 7.08. The SMILES string of the molecule is O=C(c1ccc(S(=O)(=O)NCc2cccs2)cc1)N1CCN(Cc2ccco2)CC1. The molecule has 0 spiro atoms. The van der Waals surface area contributed by atoms with Crippen molar-refractivity contribution in [2.45, 2.75) is 18.0 Å². The van der Waals surface area contributed by atoms with Crippen LogP contribution in [0.4, 0.5) is 0 Å². The number of thiophene rings is 1. The minimum atomic E-state index is -3.62. The van der Waals surface area contributed by atoms with Crippen LogP contribution in [0.3, 0.4) is 0 Å². The van der Waals surface area contributed by atoms with Crippen LogP contribution in [-0.4, -0.2) is 50.3 Å². The van der Waals surface area contributed by atoms with Gasteiger partial charge in [-0.25, -0.2) is 13.1 Å². The molecule has 4 rings (SSSR count). The Morgan fingerprint density at radius 1 is 1.03 bits per heavy atom. The van der Waals surface area contributed by atoms with Gasteiger partial charge in [-0.2, -0.15) is 0 Å². The van der Waals surface area contributed by atoms with E-state index in [4.69, 9.17) is 4.42 Å². The lowest BCUT2D eigenvalue weighted by molar-refractivity contribution is 0.0620. The van der Waals surface area contributed by atoms with Crippen molar-refractivity contribution in [3.63, 3.8) is 0 Å². The Kier molecular flexibility index (Phi) is 6.33. The zero-order valence-electron chi connectivity index (χ0n) is 16.4. The predicted molar refractivity (Wildman–Crippen MR) is 115 cm³/mol. The van der Waals surface area contributed by atoms with Gasteiger partial charge in [0.05, 0.1) is 17.7 Å². The van der Waals surface area contributed by atoms with E-state index in [1.807, 2.05) is 29.6 Å². The fraction of sp³-hybridized carbons (Fsp3) is 0.286. The number of amides is 1. The molecule has 158 valence electrons. The number of rotatable bonds is 7. The Bertz CT molecular complexity index is 1050. The van der Waals surface area contributed by atoms with Gasteiger partial charge in [-0.15, -0.1) is 11.3 Å². The first kappa shape index (κ1) is 20.8. The molecule has 7 nitrogen and oxygen atoms in total. The molecule has 2 aromatic heterocycles. The quantitative estimate of drug-likeness (QED) is 0.605. The van der Waals surface area contributed by atoms with Crippen molar-refractivity contribution in [3.05, 3.63) is 76.4 Å². The van der Waals surface area contributed by atoms with E-state index in [9.17, 15) is 13.2 Å². The molecule has 30 heavy (non-hydrogen) atoms. The fourth-order valence-electron chi connectivity index (χ4n) is 3.35. The average Bonchev–Trinajstić information content (AvgIpc) is 3.47. The van der Waals surface area contributed by atoms with Crippen molar-refractivity contribution in [2.24, 2.45) is 0 Å². The number of hydrogen-bond acceptors (Lipinski definition) is 6.